The number of hydrogen-bond donors (Lipinski definition) is 0. The molecule has 168 valence electrons. The predicted octanol–water partition coefficient (Wildman–Crippen LogP) is 3.80. The minimum atomic E-state index is 0.146. The molecule has 7 nitrogen and oxygen atoms in total. The normalized spacial score (nSPS) is 14.8. The molecule has 0 saturated carbocycles. The zero-order valence-electron chi connectivity index (χ0n) is 18.6. The Kier molecular flexibility index (Phi) is 7.51. The third-order valence-corrected chi connectivity index (χ3v) is 5.63. The second kappa shape index (κ2) is 10.9. The molecule has 0 unspecified atom stereocenters. The molecule has 0 aliphatic carbocycles. The van der Waals surface area contributed by atoms with Gasteiger partial charge in [0.2, 0.25) is 17.6 Å². The van der Waals surface area contributed by atoms with Crippen molar-refractivity contribution in [2.75, 3.05) is 32.8 Å². The van der Waals surface area contributed by atoms with Gasteiger partial charge in [0.15, 0.2) is 0 Å². The van der Waals surface area contributed by atoms with Gasteiger partial charge in [-0.05, 0) is 43.2 Å². The van der Waals surface area contributed by atoms with E-state index in [-0.39, 0.29) is 5.91 Å². The van der Waals surface area contributed by atoms with Gasteiger partial charge in [0.1, 0.15) is 5.75 Å². The summed E-state index contributed by atoms with van der Waals surface area (Å²) in [4.78, 5) is 21.6. The van der Waals surface area contributed by atoms with Crippen LogP contribution in [0.4, 0.5) is 0 Å². The van der Waals surface area contributed by atoms with Crippen molar-refractivity contribution in [3.63, 3.8) is 0 Å². The van der Waals surface area contributed by atoms with Gasteiger partial charge in [0, 0.05) is 51.1 Å². The maximum atomic E-state index is 12.8. The number of amides is 1. The molecule has 0 bridgehead atoms. The Hall–Kier alpha value is -3.19. The van der Waals surface area contributed by atoms with Crippen LogP contribution >= 0.6 is 0 Å². The lowest BCUT2D eigenvalue weighted by Crippen LogP contribution is -2.35. The van der Waals surface area contributed by atoms with Gasteiger partial charge in [-0.25, -0.2) is 0 Å². The van der Waals surface area contributed by atoms with Crippen molar-refractivity contribution in [1.82, 2.24) is 19.9 Å². The molecule has 3 aromatic rings. The average molecular weight is 435 g/mol. The number of nitrogens with zero attached hydrogens (tertiary/aromatic N) is 4. The van der Waals surface area contributed by atoms with E-state index in [4.69, 9.17) is 9.26 Å². The molecule has 1 saturated heterocycles. The highest BCUT2D eigenvalue weighted by molar-refractivity contribution is 5.76. The highest BCUT2D eigenvalue weighted by Gasteiger charge is 2.20. The summed E-state index contributed by atoms with van der Waals surface area (Å²) < 4.78 is 10.8. The Balaban J connectivity index is 1.26. The summed E-state index contributed by atoms with van der Waals surface area (Å²) in [5.41, 5.74) is 2.17. The fraction of sp³-hybridized carbons (Fsp3) is 0.400. The Bertz CT molecular complexity index is 988. The number of hydrogen-bond acceptors (Lipinski definition) is 6. The highest BCUT2D eigenvalue weighted by atomic mass is 16.5. The monoisotopic (exact) mass is 434 g/mol. The third kappa shape index (κ3) is 5.95. The molecule has 1 fully saturated rings. The molecule has 0 radical (unpaired) electrons. The summed E-state index contributed by atoms with van der Waals surface area (Å²) in [7, 11) is 0. The molecule has 32 heavy (non-hydrogen) atoms. The first-order valence-corrected chi connectivity index (χ1v) is 11.3. The number of carbonyl (C=O) groups is 1. The number of rotatable bonds is 8. The van der Waals surface area contributed by atoms with Crippen LogP contribution in [0.15, 0.2) is 59.1 Å². The van der Waals surface area contributed by atoms with Crippen molar-refractivity contribution in [3.8, 4) is 17.1 Å². The minimum absolute atomic E-state index is 0.146. The molecule has 1 aromatic heterocycles. The second-order valence-electron chi connectivity index (χ2n) is 7.97. The number of benzene rings is 2. The SMILES string of the molecule is CCOc1ccc(-c2noc(CCC(=O)N3CCCN(Cc4ccccc4)CC3)n2)cc1. The molecular formula is C25H30N4O3. The molecule has 0 spiro atoms. The van der Waals surface area contributed by atoms with Crippen LogP contribution in [0.3, 0.4) is 0 Å². The maximum Gasteiger partial charge on any atom is 0.227 e. The fourth-order valence-electron chi connectivity index (χ4n) is 3.93. The van der Waals surface area contributed by atoms with Gasteiger partial charge in [0.05, 0.1) is 6.61 Å². The van der Waals surface area contributed by atoms with Crippen molar-refractivity contribution in [3.05, 3.63) is 66.1 Å². The van der Waals surface area contributed by atoms with Gasteiger partial charge in [-0.15, -0.1) is 0 Å². The number of carbonyl (C=O) groups excluding carboxylic acids is 1. The van der Waals surface area contributed by atoms with Crippen molar-refractivity contribution in [1.29, 1.82) is 0 Å². The second-order valence-corrected chi connectivity index (χ2v) is 7.97. The zero-order valence-corrected chi connectivity index (χ0v) is 18.6. The van der Waals surface area contributed by atoms with Crippen LogP contribution in [0.25, 0.3) is 11.4 Å². The summed E-state index contributed by atoms with van der Waals surface area (Å²) in [5.74, 6) is 1.97. The van der Waals surface area contributed by atoms with Gasteiger partial charge >= 0.3 is 0 Å². The molecule has 0 atom stereocenters. The van der Waals surface area contributed by atoms with E-state index in [1.54, 1.807) is 0 Å². The quantitative estimate of drug-likeness (QED) is 0.537. The summed E-state index contributed by atoms with van der Waals surface area (Å²) in [6.45, 7) is 6.96. The Morgan fingerprint density at radius 1 is 1.03 bits per heavy atom. The van der Waals surface area contributed by atoms with Crippen molar-refractivity contribution >= 4 is 5.91 Å². The summed E-state index contributed by atoms with van der Waals surface area (Å²) in [5, 5.41) is 4.06. The van der Waals surface area contributed by atoms with E-state index < -0.39 is 0 Å². The lowest BCUT2D eigenvalue weighted by atomic mass is 10.2. The van der Waals surface area contributed by atoms with E-state index in [0.29, 0.717) is 31.2 Å². The molecule has 0 N–H and O–H groups in total. The van der Waals surface area contributed by atoms with Crippen molar-refractivity contribution in [2.45, 2.75) is 32.7 Å². The smallest absolute Gasteiger partial charge is 0.227 e. The molecular weight excluding hydrogens is 404 g/mol. The fourth-order valence-corrected chi connectivity index (χ4v) is 3.93. The number of aryl methyl sites for hydroxylation is 1. The third-order valence-electron chi connectivity index (χ3n) is 5.63. The van der Waals surface area contributed by atoms with E-state index in [0.717, 1.165) is 50.5 Å². The van der Waals surface area contributed by atoms with Crippen molar-refractivity contribution in [2.24, 2.45) is 0 Å². The predicted molar refractivity (Wildman–Crippen MR) is 122 cm³/mol. The molecule has 7 heteroatoms. The highest BCUT2D eigenvalue weighted by Crippen LogP contribution is 2.20. The lowest BCUT2D eigenvalue weighted by molar-refractivity contribution is -0.131. The van der Waals surface area contributed by atoms with Crippen LogP contribution in [-0.4, -0.2) is 58.6 Å². The number of aromatic nitrogens is 2. The van der Waals surface area contributed by atoms with E-state index in [1.807, 2.05) is 42.2 Å². The molecule has 4 rings (SSSR count). The van der Waals surface area contributed by atoms with E-state index >= 15 is 0 Å². The molecule has 1 aliphatic heterocycles. The van der Waals surface area contributed by atoms with Crippen LogP contribution < -0.4 is 4.74 Å². The first kappa shape index (κ1) is 22.0. The average Bonchev–Trinajstić information content (AvgIpc) is 3.18. The van der Waals surface area contributed by atoms with E-state index in [1.165, 1.54) is 5.56 Å². The standard InChI is InChI=1S/C25H30N4O3/c1-2-31-22-11-9-21(10-12-22)25-26-23(32-27-25)13-14-24(30)29-16-6-15-28(17-18-29)19-20-7-4-3-5-8-20/h3-5,7-12H,2,6,13-19H2,1H3. The van der Waals surface area contributed by atoms with Crippen LogP contribution in [0.1, 0.15) is 31.2 Å². The minimum Gasteiger partial charge on any atom is -0.494 e. The molecule has 2 aromatic carbocycles. The van der Waals surface area contributed by atoms with Crippen LogP contribution in [0, 0.1) is 0 Å². The molecule has 1 amide bonds. The van der Waals surface area contributed by atoms with Gasteiger partial charge in [0.25, 0.3) is 0 Å². The first-order chi connectivity index (χ1) is 15.7. The Morgan fingerprint density at radius 3 is 2.62 bits per heavy atom. The van der Waals surface area contributed by atoms with Crippen LogP contribution in [0.5, 0.6) is 5.75 Å². The van der Waals surface area contributed by atoms with Crippen LogP contribution in [-0.2, 0) is 17.8 Å². The lowest BCUT2D eigenvalue weighted by Gasteiger charge is -2.22. The van der Waals surface area contributed by atoms with Gasteiger partial charge in [-0.1, -0.05) is 35.5 Å². The zero-order chi connectivity index (χ0) is 22.2. The van der Waals surface area contributed by atoms with Gasteiger partial charge in [-0.3, -0.25) is 9.69 Å². The number of ether oxygens (including phenoxy) is 1. The van der Waals surface area contributed by atoms with E-state index in [2.05, 4.69) is 39.3 Å². The Morgan fingerprint density at radius 2 is 1.84 bits per heavy atom. The summed E-state index contributed by atoms with van der Waals surface area (Å²) in [6, 6.07) is 18.1. The summed E-state index contributed by atoms with van der Waals surface area (Å²) >= 11 is 0. The Labute approximate surface area is 189 Å². The summed E-state index contributed by atoms with van der Waals surface area (Å²) in [6.07, 6.45) is 1.82. The molecule has 2 heterocycles. The topological polar surface area (TPSA) is 71.7 Å². The molecule has 1 aliphatic rings. The van der Waals surface area contributed by atoms with Gasteiger partial charge < -0.3 is 14.2 Å². The largest absolute Gasteiger partial charge is 0.494 e. The first-order valence-electron chi connectivity index (χ1n) is 11.3. The van der Waals surface area contributed by atoms with E-state index in [9.17, 15) is 4.79 Å². The van der Waals surface area contributed by atoms with Crippen LogP contribution in [0.2, 0.25) is 0 Å². The van der Waals surface area contributed by atoms with Gasteiger partial charge in [-0.2, -0.15) is 4.98 Å². The maximum absolute atomic E-state index is 12.8. The van der Waals surface area contributed by atoms with Crippen molar-refractivity contribution < 1.29 is 14.1 Å².